The van der Waals surface area contributed by atoms with Crippen LogP contribution in [0.25, 0.3) is 6.08 Å². The van der Waals surface area contributed by atoms with Crippen LogP contribution in [-0.2, 0) is 23.9 Å². The van der Waals surface area contributed by atoms with E-state index in [-0.39, 0.29) is 12.5 Å². The van der Waals surface area contributed by atoms with Crippen LogP contribution in [0.5, 0.6) is 0 Å². The first-order valence-electron chi connectivity index (χ1n) is 8.87. The summed E-state index contributed by atoms with van der Waals surface area (Å²) >= 11 is 0. The Hall–Kier alpha value is -3.16. The van der Waals surface area contributed by atoms with E-state index in [4.69, 9.17) is 4.74 Å². The monoisotopic (exact) mass is 390 g/mol. The Morgan fingerprint density at radius 1 is 1.00 bits per heavy atom. The lowest BCUT2D eigenvalue weighted by Crippen LogP contribution is -2.42. The van der Waals surface area contributed by atoms with Crippen LogP contribution >= 0.6 is 0 Å². The lowest BCUT2D eigenvalue weighted by molar-refractivity contribution is -0.149. The van der Waals surface area contributed by atoms with E-state index in [9.17, 15) is 19.2 Å². The third-order valence-corrected chi connectivity index (χ3v) is 4.00. The SMILES string of the molecule is CCN(CC)C(=O)CN(C)C(=O)COC(=O)/C=C/c1ccc(C(=O)OC)cc1. The molecule has 0 aliphatic heterocycles. The predicted octanol–water partition coefficient (Wildman–Crippen LogP) is 1.36. The van der Waals surface area contributed by atoms with Gasteiger partial charge in [0.25, 0.3) is 5.91 Å². The van der Waals surface area contributed by atoms with Crippen molar-refractivity contribution in [3.63, 3.8) is 0 Å². The maximum absolute atomic E-state index is 12.0. The largest absolute Gasteiger partial charge is 0.465 e. The van der Waals surface area contributed by atoms with E-state index in [0.717, 1.165) is 0 Å². The molecule has 0 aliphatic carbocycles. The van der Waals surface area contributed by atoms with E-state index in [1.165, 1.54) is 31.2 Å². The Morgan fingerprint density at radius 3 is 2.14 bits per heavy atom. The standard InChI is InChI=1S/C20H26N2O6/c1-5-22(6-2)17(23)13-21(3)18(24)14-28-19(25)12-9-15-7-10-16(11-8-15)20(26)27-4/h7-12H,5-6,13-14H2,1-4H3/b12-9+. The van der Waals surface area contributed by atoms with Gasteiger partial charge in [-0.25, -0.2) is 9.59 Å². The van der Waals surface area contributed by atoms with Crippen molar-refractivity contribution in [2.24, 2.45) is 0 Å². The average Bonchev–Trinajstić information content (AvgIpc) is 2.70. The smallest absolute Gasteiger partial charge is 0.337 e. The Bertz CT molecular complexity index is 723. The molecule has 1 rings (SSSR count). The highest BCUT2D eigenvalue weighted by atomic mass is 16.5. The lowest BCUT2D eigenvalue weighted by Gasteiger charge is -2.23. The molecule has 1 aromatic carbocycles. The zero-order valence-electron chi connectivity index (χ0n) is 16.6. The molecule has 8 heteroatoms. The minimum absolute atomic E-state index is 0.0690. The maximum Gasteiger partial charge on any atom is 0.337 e. The van der Waals surface area contributed by atoms with Crippen LogP contribution in [0.15, 0.2) is 30.3 Å². The molecule has 152 valence electrons. The molecule has 0 saturated carbocycles. The summed E-state index contributed by atoms with van der Waals surface area (Å²) < 4.78 is 9.51. The van der Waals surface area contributed by atoms with E-state index in [1.54, 1.807) is 29.2 Å². The number of rotatable bonds is 9. The molecule has 0 aromatic heterocycles. The van der Waals surface area contributed by atoms with Crippen molar-refractivity contribution in [3.8, 4) is 0 Å². The second kappa shape index (κ2) is 11.5. The van der Waals surface area contributed by atoms with Crippen molar-refractivity contribution in [1.82, 2.24) is 9.80 Å². The molecule has 0 saturated heterocycles. The average molecular weight is 390 g/mol. The van der Waals surface area contributed by atoms with E-state index >= 15 is 0 Å². The molecular formula is C20H26N2O6. The highest BCUT2D eigenvalue weighted by Crippen LogP contribution is 2.07. The summed E-state index contributed by atoms with van der Waals surface area (Å²) in [5.74, 6) is -1.77. The molecule has 0 atom stereocenters. The van der Waals surface area contributed by atoms with Gasteiger partial charge < -0.3 is 19.3 Å². The van der Waals surface area contributed by atoms with Crippen LogP contribution in [0, 0.1) is 0 Å². The van der Waals surface area contributed by atoms with Gasteiger partial charge in [-0.3, -0.25) is 9.59 Å². The molecule has 2 amide bonds. The van der Waals surface area contributed by atoms with Crippen LogP contribution in [0.4, 0.5) is 0 Å². The highest BCUT2D eigenvalue weighted by Gasteiger charge is 2.17. The fourth-order valence-electron chi connectivity index (χ4n) is 2.27. The predicted molar refractivity (Wildman–Crippen MR) is 103 cm³/mol. The summed E-state index contributed by atoms with van der Waals surface area (Å²) in [4.78, 5) is 49.9. The van der Waals surface area contributed by atoms with Gasteiger partial charge >= 0.3 is 11.9 Å². The van der Waals surface area contributed by atoms with Gasteiger partial charge in [-0.2, -0.15) is 0 Å². The van der Waals surface area contributed by atoms with Crippen molar-refractivity contribution in [2.45, 2.75) is 13.8 Å². The van der Waals surface area contributed by atoms with Gasteiger partial charge in [0.1, 0.15) is 0 Å². The molecule has 0 N–H and O–H groups in total. The van der Waals surface area contributed by atoms with Crippen LogP contribution in [-0.4, -0.2) is 74.0 Å². The number of carbonyl (C=O) groups is 4. The van der Waals surface area contributed by atoms with Crippen LogP contribution in [0.3, 0.4) is 0 Å². The number of carbonyl (C=O) groups excluding carboxylic acids is 4. The first-order valence-corrected chi connectivity index (χ1v) is 8.87. The molecule has 1 aromatic rings. The van der Waals surface area contributed by atoms with Gasteiger partial charge in [0.2, 0.25) is 5.91 Å². The van der Waals surface area contributed by atoms with Crippen molar-refractivity contribution in [3.05, 3.63) is 41.5 Å². The molecule has 0 unspecified atom stereocenters. The quantitative estimate of drug-likeness (QED) is 0.467. The number of amides is 2. The first-order chi connectivity index (χ1) is 13.3. The maximum atomic E-state index is 12.0. The van der Waals surface area contributed by atoms with E-state index in [1.807, 2.05) is 13.8 Å². The number of hydrogen-bond acceptors (Lipinski definition) is 6. The molecule has 0 bridgehead atoms. The summed E-state index contributed by atoms with van der Waals surface area (Å²) in [6.07, 6.45) is 2.68. The molecule has 0 spiro atoms. The van der Waals surface area contributed by atoms with Gasteiger partial charge in [0.15, 0.2) is 6.61 Å². The van der Waals surface area contributed by atoms with E-state index < -0.39 is 24.5 Å². The fraction of sp³-hybridized carbons (Fsp3) is 0.400. The van der Waals surface area contributed by atoms with Gasteiger partial charge in [-0.05, 0) is 37.6 Å². The minimum Gasteiger partial charge on any atom is -0.465 e. The normalized spacial score (nSPS) is 10.4. The summed E-state index contributed by atoms with van der Waals surface area (Å²) in [5.41, 5.74) is 1.08. The summed E-state index contributed by atoms with van der Waals surface area (Å²) in [6.45, 7) is 4.34. The van der Waals surface area contributed by atoms with Crippen LogP contribution in [0.1, 0.15) is 29.8 Å². The second-order valence-electron chi connectivity index (χ2n) is 5.87. The Balaban J connectivity index is 2.48. The summed E-state index contributed by atoms with van der Waals surface area (Å²) in [6, 6.07) is 6.44. The van der Waals surface area contributed by atoms with Crippen molar-refractivity contribution in [1.29, 1.82) is 0 Å². The lowest BCUT2D eigenvalue weighted by atomic mass is 10.1. The molecule has 8 nitrogen and oxygen atoms in total. The van der Waals surface area contributed by atoms with Crippen molar-refractivity contribution in [2.75, 3.05) is 40.4 Å². The fourth-order valence-corrected chi connectivity index (χ4v) is 2.27. The third-order valence-electron chi connectivity index (χ3n) is 4.00. The number of esters is 2. The Kier molecular flexibility index (Phi) is 9.42. The Labute approximate surface area is 164 Å². The van der Waals surface area contributed by atoms with Gasteiger partial charge in [-0.15, -0.1) is 0 Å². The molecule has 0 radical (unpaired) electrons. The van der Waals surface area contributed by atoms with Gasteiger partial charge in [0, 0.05) is 26.2 Å². The number of nitrogens with zero attached hydrogens (tertiary/aromatic N) is 2. The first kappa shape index (κ1) is 22.9. The number of hydrogen-bond donors (Lipinski definition) is 0. The van der Waals surface area contributed by atoms with Crippen LogP contribution in [0.2, 0.25) is 0 Å². The highest BCUT2D eigenvalue weighted by molar-refractivity contribution is 5.91. The van der Waals surface area contributed by atoms with Crippen molar-refractivity contribution < 1.29 is 28.7 Å². The topological polar surface area (TPSA) is 93.2 Å². The van der Waals surface area contributed by atoms with Crippen molar-refractivity contribution >= 4 is 29.8 Å². The number of likely N-dealkylation sites (N-methyl/N-ethyl adjacent to an activating group) is 2. The zero-order chi connectivity index (χ0) is 21.1. The Morgan fingerprint density at radius 2 is 1.61 bits per heavy atom. The summed E-state index contributed by atoms with van der Waals surface area (Å²) in [7, 11) is 2.78. The zero-order valence-corrected chi connectivity index (χ0v) is 16.6. The van der Waals surface area contributed by atoms with E-state index in [0.29, 0.717) is 24.2 Å². The van der Waals surface area contributed by atoms with Gasteiger partial charge in [0.05, 0.1) is 19.2 Å². The second-order valence-corrected chi connectivity index (χ2v) is 5.87. The molecule has 0 aliphatic rings. The van der Waals surface area contributed by atoms with Crippen LogP contribution < -0.4 is 0 Å². The molecule has 28 heavy (non-hydrogen) atoms. The van der Waals surface area contributed by atoms with E-state index in [2.05, 4.69) is 4.74 Å². The number of methoxy groups -OCH3 is 1. The molecular weight excluding hydrogens is 364 g/mol. The minimum atomic E-state index is -0.686. The molecule has 0 heterocycles. The number of benzene rings is 1. The van der Waals surface area contributed by atoms with Gasteiger partial charge in [-0.1, -0.05) is 12.1 Å². The summed E-state index contributed by atoms with van der Waals surface area (Å²) in [5, 5.41) is 0. The molecule has 0 fully saturated rings. The third kappa shape index (κ3) is 7.22. The number of ether oxygens (including phenoxy) is 2.